The van der Waals surface area contributed by atoms with Crippen LogP contribution in [0.25, 0.3) is 6.08 Å². The molecular formula is C23H24N2O5. The lowest BCUT2D eigenvalue weighted by molar-refractivity contribution is -0.117. The first-order valence-corrected chi connectivity index (χ1v) is 9.53. The normalized spacial score (nSPS) is 12.8. The summed E-state index contributed by atoms with van der Waals surface area (Å²) in [5.41, 5.74) is 2.94. The monoisotopic (exact) mass is 408 g/mol. The van der Waals surface area contributed by atoms with E-state index in [0.717, 1.165) is 11.3 Å². The van der Waals surface area contributed by atoms with Crippen LogP contribution in [0.5, 0.6) is 11.5 Å². The van der Waals surface area contributed by atoms with Crippen molar-refractivity contribution in [2.45, 2.75) is 12.8 Å². The largest absolute Gasteiger partial charge is 0.497 e. The van der Waals surface area contributed by atoms with E-state index < -0.39 is 0 Å². The molecule has 0 spiro atoms. The molecule has 1 N–H and O–H groups in total. The van der Waals surface area contributed by atoms with Crippen LogP contribution in [0.3, 0.4) is 0 Å². The average molecular weight is 408 g/mol. The second kappa shape index (κ2) is 9.26. The fourth-order valence-corrected chi connectivity index (χ4v) is 3.28. The molecule has 0 radical (unpaired) electrons. The summed E-state index contributed by atoms with van der Waals surface area (Å²) in [5, 5.41) is 2.71. The summed E-state index contributed by atoms with van der Waals surface area (Å²) in [6.45, 7) is 0.215. The SMILES string of the molecule is COc1ccc(OC)c(/C=C/C(=O)NCCC(=O)c2ccc3c(c2)CC(=O)N3C)c1. The van der Waals surface area contributed by atoms with Gasteiger partial charge in [-0.25, -0.2) is 0 Å². The number of carbonyl (C=O) groups excluding carboxylic acids is 3. The summed E-state index contributed by atoms with van der Waals surface area (Å²) in [6.07, 6.45) is 3.50. The van der Waals surface area contributed by atoms with Gasteiger partial charge in [0.2, 0.25) is 11.8 Å². The van der Waals surface area contributed by atoms with Crippen LogP contribution in [-0.2, 0) is 16.0 Å². The Kier molecular flexibility index (Phi) is 6.51. The molecule has 2 aromatic carbocycles. The molecule has 0 saturated heterocycles. The van der Waals surface area contributed by atoms with Crippen molar-refractivity contribution in [1.29, 1.82) is 0 Å². The Balaban J connectivity index is 1.54. The van der Waals surface area contributed by atoms with E-state index in [1.807, 2.05) is 0 Å². The van der Waals surface area contributed by atoms with E-state index in [9.17, 15) is 14.4 Å². The van der Waals surface area contributed by atoms with Crippen LogP contribution < -0.4 is 19.7 Å². The molecule has 3 rings (SSSR count). The predicted molar refractivity (Wildman–Crippen MR) is 114 cm³/mol. The molecule has 2 amide bonds. The van der Waals surface area contributed by atoms with Crippen LogP contribution in [-0.4, -0.2) is 45.4 Å². The molecule has 156 valence electrons. The molecule has 1 heterocycles. The number of ketones is 1. The van der Waals surface area contributed by atoms with Gasteiger partial charge in [0.05, 0.1) is 20.6 Å². The number of fused-ring (bicyclic) bond motifs is 1. The number of likely N-dealkylation sites (N-methyl/N-ethyl adjacent to an activating group) is 1. The van der Waals surface area contributed by atoms with Gasteiger partial charge in [0.25, 0.3) is 0 Å². The molecule has 0 fully saturated rings. The van der Waals surface area contributed by atoms with E-state index >= 15 is 0 Å². The van der Waals surface area contributed by atoms with Gasteiger partial charge in [-0.3, -0.25) is 14.4 Å². The van der Waals surface area contributed by atoms with E-state index in [0.29, 0.717) is 29.0 Å². The fourth-order valence-electron chi connectivity index (χ4n) is 3.28. The third kappa shape index (κ3) is 4.68. The van der Waals surface area contributed by atoms with E-state index in [4.69, 9.17) is 9.47 Å². The number of hydrogen-bond acceptors (Lipinski definition) is 5. The maximum absolute atomic E-state index is 12.4. The Morgan fingerprint density at radius 2 is 1.93 bits per heavy atom. The third-order valence-corrected chi connectivity index (χ3v) is 4.98. The Labute approximate surface area is 175 Å². The molecule has 1 aliphatic rings. The van der Waals surface area contributed by atoms with Gasteiger partial charge in [0.15, 0.2) is 5.78 Å². The highest BCUT2D eigenvalue weighted by Crippen LogP contribution is 2.28. The maximum atomic E-state index is 12.4. The van der Waals surface area contributed by atoms with Crippen LogP contribution in [0.15, 0.2) is 42.5 Å². The minimum atomic E-state index is -0.311. The van der Waals surface area contributed by atoms with Crippen molar-refractivity contribution in [3.63, 3.8) is 0 Å². The fraction of sp³-hybridized carbons (Fsp3) is 0.261. The van der Waals surface area contributed by atoms with Gasteiger partial charge in [-0.15, -0.1) is 0 Å². The van der Waals surface area contributed by atoms with Gasteiger partial charge < -0.3 is 19.7 Å². The minimum Gasteiger partial charge on any atom is -0.497 e. The predicted octanol–water partition coefficient (Wildman–Crippen LogP) is 2.63. The Bertz CT molecular complexity index is 1010. The van der Waals surface area contributed by atoms with Gasteiger partial charge in [0.1, 0.15) is 11.5 Å². The standard InChI is InChI=1S/C23H24N2O5/c1-25-19-7-4-15(12-17(19)14-23(25)28)20(26)10-11-24-22(27)9-5-16-13-18(29-2)6-8-21(16)30-3/h4-9,12-13H,10-11,14H2,1-3H3,(H,24,27)/b9-5+. The highest BCUT2D eigenvalue weighted by atomic mass is 16.5. The Hall–Kier alpha value is -3.61. The number of hydrogen-bond donors (Lipinski definition) is 1. The molecule has 0 unspecified atom stereocenters. The zero-order chi connectivity index (χ0) is 21.7. The molecular weight excluding hydrogens is 384 g/mol. The summed E-state index contributed by atoms with van der Waals surface area (Å²) in [7, 11) is 4.84. The molecule has 0 aromatic heterocycles. The molecule has 7 nitrogen and oxygen atoms in total. The van der Waals surface area contributed by atoms with Crippen LogP contribution in [0.1, 0.15) is 27.9 Å². The van der Waals surface area contributed by atoms with Crippen LogP contribution in [0.2, 0.25) is 0 Å². The quantitative estimate of drug-likeness (QED) is 0.536. The van der Waals surface area contributed by atoms with Crippen LogP contribution in [0, 0.1) is 0 Å². The van der Waals surface area contributed by atoms with Crippen molar-refractivity contribution in [3.8, 4) is 11.5 Å². The van der Waals surface area contributed by atoms with Gasteiger partial charge >= 0.3 is 0 Å². The van der Waals surface area contributed by atoms with Crippen molar-refractivity contribution in [3.05, 3.63) is 59.2 Å². The first-order valence-electron chi connectivity index (χ1n) is 9.53. The van der Waals surface area contributed by atoms with E-state index in [2.05, 4.69) is 5.32 Å². The number of Topliss-reactive ketones (excluding diaryl/α,β-unsaturated/α-hetero) is 1. The summed E-state index contributed by atoms with van der Waals surface area (Å²) >= 11 is 0. The van der Waals surface area contributed by atoms with Gasteiger partial charge in [0, 0.05) is 42.9 Å². The van der Waals surface area contributed by atoms with Gasteiger partial charge in [-0.05, 0) is 48.0 Å². The van der Waals surface area contributed by atoms with Crippen molar-refractivity contribution >= 4 is 29.4 Å². The second-order valence-electron chi connectivity index (χ2n) is 6.88. The van der Waals surface area contributed by atoms with Crippen molar-refractivity contribution < 1.29 is 23.9 Å². The lowest BCUT2D eigenvalue weighted by Gasteiger charge is -2.10. The lowest BCUT2D eigenvalue weighted by Crippen LogP contribution is -2.24. The first kappa shape index (κ1) is 21.1. The number of rotatable bonds is 8. The molecule has 0 bridgehead atoms. The molecule has 1 aliphatic heterocycles. The van der Waals surface area contributed by atoms with E-state index in [1.54, 1.807) is 68.6 Å². The molecule has 30 heavy (non-hydrogen) atoms. The lowest BCUT2D eigenvalue weighted by atomic mass is 10.0. The number of amides is 2. The Morgan fingerprint density at radius 1 is 1.13 bits per heavy atom. The molecule has 0 saturated carbocycles. The van der Waals surface area contributed by atoms with Crippen LogP contribution >= 0.6 is 0 Å². The summed E-state index contributed by atoms with van der Waals surface area (Å²) in [6, 6.07) is 10.6. The highest BCUT2D eigenvalue weighted by Gasteiger charge is 2.24. The maximum Gasteiger partial charge on any atom is 0.244 e. The van der Waals surface area contributed by atoms with Gasteiger partial charge in [-0.1, -0.05) is 0 Å². The average Bonchev–Trinajstić information content (AvgIpc) is 3.04. The Morgan fingerprint density at radius 3 is 2.67 bits per heavy atom. The number of nitrogens with zero attached hydrogens (tertiary/aromatic N) is 1. The number of anilines is 1. The van der Waals surface area contributed by atoms with Crippen molar-refractivity contribution in [2.75, 3.05) is 32.7 Å². The second-order valence-corrected chi connectivity index (χ2v) is 6.88. The van der Waals surface area contributed by atoms with E-state index in [-0.39, 0.29) is 30.6 Å². The van der Waals surface area contributed by atoms with Crippen molar-refractivity contribution in [2.24, 2.45) is 0 Å². The highest BCUT2D eigenvalue weighted by molar-refractivity contribution is 6.03. The zero-order valence-electron chi connectivity index (χ0n) is 17.2. The molecule has 0 aliphatic carbocycles. The minimum absolute atomic E-state index is 0.0151. The smallest absolute Gasteiger partial charge is 0.244 e. The topological polar surface area (TPSA) is 84.9 Å². The summed E-state index contributed by atoms with van der Waals surface area (Å²) < 4.78 is 10.5. The molecule has 0 atom stereocenters. The molecule has 2 aromatic rings. The van der Waals surface area contributed by atoms with Gasteiger partial charge in [-0.2, -0.15) is 0 Å². The zero-order valence-corrected chi connectivity index (χ0v) is 17.2. The summed E-state index contributed by atoms with van der Waals surface area (Å²) in [4.78, 5) is 37.9. The number of nitrogens with one attached hydrogen (secondary N) is 1. The van der Waals surface area contributed by atoms with Crippen LogP contribution in [0.4, 0.5) is 5.69 Å². The third-order valence-electron chi connectivity index (χ3n) is 4.98. The number of ether oxygens (including phenoxy) is 2. The van der Waals surface area contributed by atoms with E-state index in [1.165, 1.54) is 6.08 Å². The number of benzene rings is 2. The summed E-state index contributed by atoms with van der Waals surface area (Å²) in [5.74, 6) is 0.896. The number of methoxy groups -OCH3 is 2. The van der Waals surface area contributed by atoms with Crippen molar-refractivity contribution in [1.82, 2.24) is 5.32 Å². The molecule has 7 heteroatoms. The number of carbonyl (C=O) groups is 3. The first-order chi connectivity index (χ1) is 14.4.